The van der Waals surface area contributed by atoms with Crippen LogP contribution in [0.15, 0.2) is 55.1 Å². The number of hydrogen-bond donors (Lipinski definition) is 0. The van der Waals surface area contributed by atoms with Crippen LogP contribution in [0.25, 0.3) is 17.2 Å². The average molecular weight is 307 g/mol. The van der Waals surface area contributed by atoms with Gasteiger partial charge in [0.15, 0.2) is 0 Å². The number of nitrogens with zero attached hydrogens (tertiary/aromatic N) is 5. The molecule has 0 unspecified atom stereocenters. The summed E-state index contributed by atoms with van der Waals surface area (Å²) in [6, 6.07) is 8.32. The maximum Gasteiger partial charge on any atom is 0.234 e. The monoisotopic (exact) mass is 307 g/mol. The van der Waals surface area contributed by atoms with E-state index in [9.17, 15) is 4.39 Å². The first kappa shape index (κ1) is 13.6. The van der Waals surface area contributed by atoms with Crippen molar-refractivity contribution in [2.24, 2.45) is 0 Å². The van der Waals surface area contributed by atoms with Gasteiger partial charge in [0.2, 0.25) is 5.78 Å². The molecule has 23 heavy (non-hydrogen) atoms. The van der Waals surface area contributed by atoms with Gasteiger partial charge in [0.1, 0.15) is 11.6 Å². The zero-order chi connectivity index (χ0) is 15.8. The van der Waals surface area contributed by atoms with E-state index in [1.807, 2.05) is 40.4 Å². The van der Waals surface area contributed by atoms with Crippen molar-refractivity contribution in [3.63, 3.8) is 0 Å². The van der Waals surface area contributed by atoms with Crippen LogP contribution in [0.1, 0.15) is 11.4 Å². The molecule has 114 valence electrons. The number of imidazole rings is 2. The number of fused-ring (bicyclic) bond motifs is 1. The largest absolute Gasteiger partial charge is 0.325 e. The van der Waals surface area contributed by atoms with Gasteiger partial charge in [-0.05, 0) is 25.1 Å². The van der Waals surface area contributed by atoms with Crippen molar-refractivity contribution in [3.05, 3.63) is 72.3 Å². The van der Waals surface area contributed by atoms with Crippen LogP contribution in [0.5, 0.6) is 0 Å². The summed E-state index contributed by atoms with van der Waals surface area (Å²) >= 11 is 0. The predicted octanol–water partition coefficient (Wildman–Crippen LogP) is 3.09. The van der Waals surface area contributed by atoms with Gasteiger partial charge in [-0.2, -0.15) is 0 Å². The Bertz CT molecular complexity index is 985. The number of benzene rings is 1. The first-order valence-electron chi connectivity index (χ1n) is 7.28. The maximum atomic E-state index is 13.5. The second-order valence-electron chi connectivity index (χ2n) is 5.32. The molecule has 0 aliphatic carbocycles. The van der Waals surface area contributed by atoms with Crippen LogP contribution < -0.4 is 0 Å². The molecule has 0 saturated carbocycles. The number of aryl methyl sites for hydroxylation is 1. The van der Waals surface area contributed by atoms with E-state index in [-0.39, 0.29) is 5.82 Å². The molecule has 0 aliphatic rings. The van der Waals surface area contributed by atoms with Gasteiger partial charge in [0.25, 0.3) is 0 Å². The van der Waals surface area contributed by atoms with Gasteiger partial charge >= 0.3 is 0 Å². The summed E-state index contributed by atoms with van der Waals surface area (Å²) in [6.07, 6.45) is 7.25. The van der Waals surface area contributed by atoms with Crippen LogP contribution in [-0.4, -0.2) is 23.9 Å². The molecule has 3 heterocycles. The molecule has 0 atom stereocenters. The second kappa shape index (κ2) is 5.31. The van der Waals surface area contributed by atoms with Crippen LogP contribution in [-0.2, 0) is 6.54 Å². The van der Waals surface area contributed by atoms with Gasteiger partial charge in [-0.1, -0.05) is 12.1 Å². The van der Waals surface area contributed by atoms with Gasteiger partial charge in [0.05, 0.1) is 12.2 Å². The van der Waals surface area contributed by atoms with Crippen LogP contribution >= 0.6 is 0 Å². The van der Waals surface area contributed by atoms with E-state index in [2.05, 4.69) is 15.0 Å². The number of aromatic nitrogens is 5. The predicted molar refractivity (Wildman–Crippen MR) is 84.4 cm³/mol. The third kappa shape index (κ3) is 2.38. The van der Waals surface area contributed by atoms with Gasteiger partial charge in [-0.3, -0.25) is 4.40 Å². The normalized spacial score (nSPS) is 11.2. The minimum atomic E-state index is -0.273. The molecule has 1 aromatic carbocycles. The quantitative estimate of drug-likeness (QED) is 0.584. The Balaban J connectivity index is 1.75. The minimum Gasteiger partial charge on any atom is -0.325 e. The van der Waals surface area contributed by atoms with Crippen LogP contribution in [0.2, 0.25) is 0 Å². The van der Waals surface area contributed by atoms with Gasteiger partial charge in [-0.15, -0.1) is 0 Å². The van der Waals surface area contributed by atoms with Gasteiger partial charge in [-0.25, -0.2) is 19.3 Å². The molecule has 5 nitrogen and oxygen atoms in total. The average Bonchev–Trinajstić information content (AvgIpc) is 3.14. The van der Waals surface area contributed by atoms with E-state index in [1.54, 1.807) is 18.5 Å². The lowest BCUT2D eigenvalue weighted by Crippen LogP contribution is -2.03. The first-order valence-corrected chi connectivity index (χ1v) is 7.28. The molecular formula is C17H14FN5. The van der Waals surface area contributed by atoms with E-state index < -0.39 is 0 Å². The van der Waals surface area contributed by atoms with Crippen LogP contribution in [0.4, 0.5) is 4.39 Å². The van der Waals surface area contributed by atoms with Crippen LogP contribution in [0, 0.1) is 12.7 Å². The fraction of sp³-hybridized carbons (Fsp3) is 0.118. The summed E-state index contributed by atoms with van der Waals surface area (Å²) in [5, 5.41) is 0. The van der Waals surface area contributed by atoms with Crippen LogP contribution in [0.3, 0.4) is 0 Å². The Morgan fingerprint density at radius 2 is 2.00 bits per heavy atom. The van der Waals surface area contributed by atoms with Crippen molar-refractivity contribution in [1.29, 1.82) is 0 Å². The fourth-order valence-electron chi connectivity index (χ4n) is 2.68. The zero-order valence-electron chi connectivity index (χ0n) is 12.5. The summed E-state index contributed by atoms with van der Waals surface area (Å²) < 4.78 is 17.4. The van der Waals surface area contributed by atoms with Crippen molar-refractivity contribution < 1.29 is 4.39 Å². The molecule has 6 heteroatoms. The molecule has 0 radical (unpaired) electrons. The number of rotatable bonds is 3. The summed E-state index contributed by atoms with van der Waals surface area (Å²) in [5.41, 5.74) is 2.70. The highest BCUT2D eigenvalue weighted by molar-refractivity contribution is 5.55. The molecule has 0 bridgehead atoms. The Hall–Kier alpha value is -3.02. The molecule has 0 aliphatic heterocycles. The van der Waals surface area contributed by atoms with Crippen molar-refractivity contribution in [2.75, 3.05) is 0 Å². The Morgan fingerprint density at radius 3 is 2.83 bits per heavy atom. The smallest absolute Gasteiger partial charge is 0.234 e. The highest BCUT2D eigenvalue weighted by atomic mass is 19.1. The highest BCUT2D eigenvalue weighted by Gasteiger charge is 2.12. The summed E-state index contributed by atoms with van der Waals surface area (Å²) in [5.74, 6) is 1.12. The van der Waals surface area contributed by atoms with Crippen molar-refractivity contribution >= 4 is 5.78 Å². The second-order valence-corrected chi connectivity index (χ2v) is 5.32. The first-order chi connectivity index (χ1) is 11.2. The molecule has 0 saturated heterocycles. The third-order valence-corrected chi connectivity index (χ3v) is 3.86. The lowest BCUT2D eigenvalue weighted by Gasteiger charge is -2.07. The molecule has 3 aromatic heterocycles. The molecule has 4 aromatic rings. The van der Waals surface area contributed by atoms with E-state index in [0.717, 1.165) is 17.0 Å². The Labute approximate surface area is 132 Å². The zero-order valence-corrected chi connectivity index (χ0v) is 12.5. The third-order valence-electron chi connectivity index (χ3n) is 3.86. The molecule has 0 amide bonds. The van der Waals surface area contributed by atoms with Gasteiger partial charge < -0.3 is 4.57 Å². The number of halogens is 1. The highest BCUT2D eigenvalue weighted by Crippen LogP contribution is 2.20. The van der Waals surface area contributed by atoms with E-state index in [0.29, 0.717) is 18.1 Å². The molecule has 0 spiro atoms. The summed E-state index contributed by atoms with van der Waals surface area (Å²) in [6.45, 7) is 2.57. The molecular weight excluding hydrogens is 293 g/mol. The Kier molecular flexibility index (Phi) is 3.15. The lowest BCUT2D eigenvalue weighted by atomic mass is 10.2. The van der Waals surface area contributed by atoms with Crippen molar-refractivity contribution in [3.8, 4) is 11.4 Å². The van der Waals surface area contributed by atoms with Crippen molar-refractivity contribution in [1.82, 2.24) is 23.9 Å². The van der Waals surface area contributed by atoms with E-state index >= 15 is 0 Å². The number of hydrogen-bond acceptors (Lipinski definition) is 3. The standard InChI is InChI=1S/C17H14FN5/c1-12-15(21-17-20-6-3-8-23(12)17)11-22-9-7-19-16(22)13-4-2-5-14(18)10-13/h2-10H,11H2,1H3. The molecule has 4 rings (SSSR count). The molecule has 0 N–H and O–H groups in total. The maximum absolute atomic E-state index is 13.5. The lowest BCUT2D eigenvalue weighted by molar-refractivity contribution is 0.628. The van der Waals surface area contributed by atoms with E-state index in [4.69, 9.17) is 0 Å². The Morgan fingerprint density at radius 1 is 1.09 bits per heavy atom. The molecule has 0 fully saturated rings. The SMILES string of the molecule is Cc1c(Cn2ccnc2-c2cccc(F)c2)nc2ncccn12. The summed E-state index contributed by atoms with van der Waals surface area (Å²) in [7, 11) is 0. The summed E-state index contributed by atoms with van der Waals surface area (Å²) in [4.78, 5) is 13.2. The fourth-order valence-corrected chi connectivity index (χ4v) is 2.68. The van der Waals surface area contributed by atoms with Gasteiger partial charge in [0, 0.05) is 36.0 Å². The minimum absolute atomic E-state index is 0.273. The van der Waals surface area contributed by atoms with Crippen molar-refractivity contribution in [2.45, 2.75) is 13.5 Å². The topological polar surface area (TPSA) is 48.0 Å². The van der Waals surface area contributed by atoms with E-state index in [1.165, 1.54) is 12.1 Å².